The molecule has 2 aliphatic carbocycles. The number of hydrogen-bond donors (Lipinski definition) is 6. The number of hydrogen-bond acceptors (Lipinski definition) is 14. The van der Waals surface area contributed by atoms with Crippen molar-refractivity contribution in [2.24, 2.45) is 35.1 Å². The first-order valence-corrected chi connectivity index (χ1v) is 21.3. The summed E-state index contributed by atoms with van der Waals surface area (Å²) in [6.07, 6.45) is 16.4. The zero-order valence-corrected chi connectivity index (χ0v) is 34.1. The summed E-state index contributed by atoms with van der Waals surface area (Å²) in [5.41, 5.74) is 14.0. The van der Waals surface area contributed by atoms with E-state index in [0.717, 1.165) is 103 Å². The first-order chi connectivity index (χ1) is 28.8. The topological polar surface area (TPSA) is 238 Å². The molecule has 0 bridgehead atoms. The van der Waals surface area contributed by atoms with Crippen molar-refractivity contribution in [1.29, 1.82) is 0 Å². The van der Waals surface area contributed by atoms with E-state index in [2.05, 4.69) is 77.6 Å². The average Bonchev–Trinajstić information content (AvgIpc) is 3.27. The lowest BCUT2D eigenvalue weighted by Gasteiger charge is -2.27. The van der Waals surface area contributed by atoms with Crippen LogP contribution in [0.1, 0.15) is 81.8 Å². The Balaban J connectivity index is 0.000000224. The van der Waals surface area contributed by atoms with Crippen LogP contribution >= 0.6 is 0 Å². The van der Waals surface area contributed by atoms with Crippen LogP contribution in [0.5, 0.6) is 0 Å². The van der Waals surface area contributed by atoms with Crippen molar-refractivity contribution in [1.82, 2.24) is 19.9 Å². The van der Waals surface area contributed by atoms with Crippen molar-refractivity contribution in [2.75, 3.05) is 60.5 Å². The van der Waals surface area contributed by atoms with Gasteiger partial charge in [0.15, 0.2) is 0 Å². The highest BCUT2D eigenvalue weighted by Gasteiger charge is 2.24. The van der Waals surface area contributed by atoms with E-state index < -0.39 is 9.85 Å². The molecular formula is C43H62N12O4. The highest BCUT2D eigenvalue weighted by atomic mass is 16.6. The van der Waals surface area contributed by atoms with Gasteiger partial charge in [-0.1, -0.05) is 60.7 Å². The van der Waals surface area contributed by atoms with Crippen LogP contribution in [0, 0.1) is 43.9 Å². The second-order valence-electron chi connectivity index (χ2n) is 15.8. The Bertz CT molecular complexity index is 1840. The number of nitrogens with zero attached hydrogens (tertiary/aromatic N) is 6. The van der Waals surface area contributed by atoms with Crippen molar-refractivity contribution in [3.63, 3.8) is 0 Å². The van der Waals surface area contributed by atoms with E-state index in [4.69, 9.17) is 11.5 Å². The van der Waals surface area contributed by atoms with Crippen molar-refractivity contribution in [3.8, 4) is 0 Å². The summed E-state index contributed by atoms with van der Waals surface area (Å²) in [7, 11) is 0. The Labute approximate surface area is 347 Å². The van der Waals surface area contributed by atoms with Crippen LogP contribution in [-0.4, -0.2) is 69.1 Å². The molecule has 0 saturated heterocycles. The van der Waals surface area contributed by atoms with Gasteiger partial charge in [-0.05, 0) is 131 Å². The molecule has 2 aliphatic rings. The number of benzene rings is 2. The van der Waals surface area contributed by atoms with Crippen LogP contribution in [0.3, 0.4) is 0 Å². The number of anilines is 4. The number of rotatable bonds is 21. The molecule has 2 heterocycles. The largest absolute Gasteiger partial charge is 0.364 e. The smallest absolute Gasteiger partial charge is 0.329 e. The third-order valence-electron chi connectivity index (χ3n) is 11.4. The Morgan fingerprint density at radius 3 is 1.34 bits per heavy atom. The van der Waals surface area contributed by atoms with Gasteiger partial charge < -0.3 is 32.7 Å². The molecular weight excluding hydrogens is 749 g/mol. The molecule has 0 amide bonds. The van der Waals surface area contributed by atoms with Crippen LogP contribution in [0.15, 0.2) is 73.1 Å². The fraction of sp³-hybridized carbons (Fsp3) is 0.535. The molecule has 0 radical (unpaired) electrons. The van der Waals surface area contributed by atoms with Crippen LogP contribution in [0.2, 0.25) is 0 Å². The summed E-state index contributed by atoms with van der Waals surface area (Å²) < 4.78 is 0. The zero-order chi connectivity index (χ0) is 41.7. The number of nitrogens with two attached hydrogens (primary N) is 2. The maximum Gasteiger partial charge on any atom is 0.329 e. The minimum atomic E-state index is -0.438. The monoisotopic (exact) mass is 811 g/mol. The number of nitrogens with one attached hydrogen (secondary N) is 4. The molecule has 4 aromatic rings. The van der Waals surface area contributed by atoms with Gasteiger partial charge in [0.05, 0.1) is 9.85 Å². The van der Waals surface area contributed by atoms with Gasteiger partial charge in [-0.25, -0.2) is 9.97 Å². The highest BCUT2D eigenvalue weighted by molar-refractivity contribution is 5.57. The molecule has 16 heteroatoms. The minimum Gasteiger partial charge on any atom is -0.364 e. The number of aryl methyl sites for hydroxylation is 2. The lowest BCUT2D eigenvalue weighted by atomic mass is 9.82. The molecule has 6 rings (SSSR count). The maximum atomic E-state index is 11.4. The van der Waals surface area contributed by atoms with Gasteiger partial charge in [-0.2, -0.15) is 9.97 Å². The quantitative estimate of drug-likeness (QED) is 0.0270. The van der Waals surface area contributed by atoms with Crippen molar-refractivity contribution in [2.45, 2.75) is 83.5 Å². The van der Waals surface area contributed by atoms with Crippen LogP contribution < -0.4 is 32.7 Å². The van der Waals surface area contributed by atoms with Crippen molar-refractivity contribution in [3.05, 3.63) is 104 Å². The first-order valence-electron chi connectivity index (χ1n) is 21.3. The van der Waals surface area contributed by atoms with Crippen molar-refractivity contribution >= 4 is 34.9 Å². The average molecular weight is 811 g/mol. The molecule has 8 N–H and O–H groups in total. The summed E-state index contributed by atoms with van der Waals surface area (Å²) in [5.74, 6) is 3.65. The second-order valence-corrected chi connectivity index (χ2v) is 15.8. The third-order valence-corrected chi connectivity index (χ3v) is 11.4. The fourth-order valence-electron chi connectivity index (χ4n) is 7.71. The van der Waals surface area contributed by atoms with Gasteiger partial charge in [-0.15, -0.1) is 0 Å². The normalized spacial score (nSPS) is 18.8. The van der Waals surface area contributed by atoms with Gasteiger partial charge in [0.1, 0.15) is 12.4 Å². The number of unbranched alkanes of at least 4 members (excludes halogenated alkanes) is 1. The number of nitro groups is 2. The van der Waals surface area contributed by atoms with Gasteiger partial charge in [0.2, 0.25) is 23.5 Å². The molecule has 2 aromatic carbocycles. The summed E-state index contributed by atoms with van der Waals surface area (Å²) >= 11 is 0. The Hall–Kier alpha value is -5.48. The molecule has 16 nitrogen and oxygen atoms in total. The minimum absolute atomic E-state index is 0.0831. The van der Waals surface area contributed by atoms with Crippen LogP contribution in [-0.2, 0) is 12.8 Å². The molecule has 0 unspecified atom stereocenters. The zero-order valence-electron chi connectivity index (χ0n) is 34.1. The lowest BCUT2D eigenvalue weighted by molar-refractivity contribution is -0.384. The van der Waals surface area contributed by atoms with Gasteiger partial charge in [0.25, 0.3) is 0 Å². The summed E-state index contributed by atoms with van der Waals surface area (Å²) in [4.78, 5) is 38.8. The van der Waals surface area contributed by atoms with Crippen LogP contribution in [0.4, 0.5) is 34.9 Å². The molecule has 2 fully saturated rings. The molecule has 2 saturated carbocycles. The predicted octanol–water partition coefficient (Wildman–Crippen LogP) is 7.60. The molecule has 318 valence electrons. The molecule has 2 aromatic heterocycles. The SMILES string of the molecule is NCC1CCC(CNc2nc(NCCCCc3ccccc3)ncc2[N+](=O)[O-])CC1.NCC1CCC(CNc2nc(NCCCc3ccccc3)ncc2[N+](=O)[O-])CC1. The predicted molar refractivity (Wildman–Crippen MR) is 234 cm³/mol. The van der Waals surface area contributed by atoms with E-state index in [9.17, 15) is 20.2 Å². The Morgan fingerprint density at radius 1 is 0.542 bits per heavy atom. The van der Waals surface area contributed by atoms with E-state index in [1.807, 2.05) is 24.3 Å². The maximum absolute atomic E-state index is 11.4. The van der Waals surface area contributed by atoms with E-state index in [0.29, 0.717) is 61.0 Å². The Kier molecular flexibility index (Phi) is 18.5. The second kappa shape index (κ2) is 24.4. The first kappa shape index (κ1) is 44.6. The standard InChI is InChI=1S/C22H32N6O2.C21H30N6O2/c23-14-18-9-11-19(12-10-18)15-25-21-20(28(29)30)16-26-22(27-21)24-13-5-4-8-17-6-2-1-3-7-17;22-13-17-8-10-18(11-9-17)14-24-20-19(27(28)29)15-25-21(26-20)23-12-4-7-16-5-2-1-3-6-16/h1-3,6-7,16,18-19H,4-5,8-15,23H2,(H2,24,25,26,27);1-3,5-6,15,17-18H,4,7-14,22H2,(H2,23,24,25,26). The number of aromatic nitrogens is 4. The van der Waals surface area contributed by atoms with Gasteiger partial charge >= 0.3 is 11.4 Å². The van der Waals surface area contributed by atoms with E-state index in [1.165, 1.54) is 23.5 Å². The van der Waals surface area contributed by atoms with Gasteiger partial charge in [-0.3, -0.25) is 20.2 Å². The molecule has 0 aliphatic heterocycles. The van der Waals surface area contributed by atoms with Crippen LogP contribution in [0.25, 0.3) is 0 Å². The molecule has 0 atom stereocenters. The van der Waals surface area contributed by atoms with E-state index in [-0.39, 0.29) is 17.2 Å². The van der Waals surface area contributed by atoms with E-state index in [1.54, 1.807) is 0 Å². The molecule has 59 heavy (non-hydrogen) atoms. The van der Waals surface area contributed by atoms with Gasteiger partial charge in [0, 0.05) is 26.2 Å². The molecule has 0 spiro atoms. The summed E-state index contributed by atoms with van der Waals surface area (Å²) in [6.45, 7) is 4.30. The third kappa shape index (κ3) is 15.3. The van der Waals surface area contributed by atoms with E-state index >= 15 is 0 Å². The highest BCUT2D eigenvalue weighted by Crippen LogP contribution is 2.31. The lowest BCUT2D eigenvalue weighted by Crippen LogP contribution is -2.25. The van der Waals surface area contributed by atoms with Crippen molar-refractivity contribution < 1.29 is 9.85 Å². The fourth-order valence-corrected chi connectivity index (χ4v) is 7.71. The summed E-state index contributed by atoms with van der Waals surface area (Å²) in [5, 5.41) is 35.4. The Morgan fingerprint density at radius 2 is 0.932 bits per heavy atom. The summed E-state index contributed by atoms with van der Waals surface area (Å²) in [6, 6.07) is 20.7.